The Morgan fingerprint density at radius 1 is 1.22 bits per heavy atom. The molecule has 0 aromatic heterocycles. The van der Waals surface area contributed by atoms with Crippen molar-refractivity contribution >= 4 is 11.9 Å². The fraction of sp³-hybridized carbons (Fsp3) is 0.600. The third-order valence-electron chi connectivity index (χ3n) is 5.23. The lowest BCUT2D eigenvalue weighted by molar-refractivity contribution is -0.146. The molecular formula is C20H30N2O5. The van der Waals surface area contributed by atoms with Gasteiger partial charge in [0.05, 0.1) is 32.2 Å². The summed E-state index contributed by atoms with van der Waals surface area (Å²) in [7, 11) is 3.18. The molecular weight excluding hydrogens is 348 g/mol. The van der Waals surface area contributed by atoms with Crippen LogP contribution in [0, 0.1) is 11.8 Å². The highest BCUT2D eigenvalue weighted by Gasteiger charge is 2.34. The Morgan fingerprint density at radius 3 is 2.52 bits per heavy atom. The lowest BCUT2D eigenvalue weighted by Crippen LogP contribution is -2.52. The molecule has 27 heavy (non-hydrogen) atoms. The standard InChI is InChI=1S/C20H30N2O5/c1-12-8-15(20(24)25)11-22(10-12)14(3)19(23)21-13(2)17-9-16(26-4)6-7-18(17)27-5/h6-7,9,12-15H,8,10-11H2,1-5H3,(H,21,23)(H,24,25). The van der Waals surface area contributed by atoms with Gasteiger partial charge in [-0.2, -0.15) is 0 Å². The molecule has 0 spiro atoms. The first-order valence-corrected chi connectivity index (χ1v) is 9.26. The second-order valence-electron chi connectivity index (χ2n) is 7.34. The van der Waals surface area contributed by atoms with E-state index in [0.29, 0.717) is 24.5 Å². The highest BCUT2D eigenvalue weighted by atomic mass is 16.5. The largest absolute Gasteiger partial charge is 0.497 e. The molecule has 1 saturated heterocycles. The Bertz CT molecular complexity index is 678. The molecule has 1 amide bonds. The first kappa shape index (κ1) is 21.0. The smallest absolute Gasteiger partial charge is 0.307 e. The summed E-state index contributed by atoms with van der Waals surface area (Å²) < 4.78 is 10.7. The summed E-state index contributed by atoms with van der Waals surface area (Å²) >= 11 is 0. The van der Waals surface area contributed by atoms with Crippen LogP contribution in [0.2, 0.25) is 0 Å². The maximum absolute atomic E-state index is 12.8. The number of ether oxygens (including phenoxy) is 2. The molecule has 1 fully saturated rings. The molecule has 2 N–H and O–H groups in total. The molecule has 0 saturated carbocycles. The number of likely N-dealkylation sites (tertiary alicyclic amines) is 1. The number of amides is 1. The number of aliphatic carboxylic acids is 1. The van der Waals surface area contributed by atoms with E-state index in [1.165, 1.54) is 0 Å². The molecule has 1 aliphatic heterocycles. The third kappa shape index (κ3) is 5.13. The van der Waals surface area contributed by atoms with Crippen LogP contribution in [0.3, 0.4) is 0 Å². The molecule has 0 radical (unpaired) electrons. The number of piperidine rings is 1. The van der Waals surface area contributed by atoms with Gasteiger partial charge in [-0.15, -0.1) is 0 Å². The maximum atomic E-state index is 12.8. The van der Waals surface area contributed by atoms with E-state index in [-0.39, 0.29) is 17.9 Å². The van der Waals surface area contributed by atoms with Gasteiger partial charge in [0.2, 0.25) is 5.91 Å². The van der Waals surface area contributed by atoms with Gasteiger partial charge in [0, 0.05) is 18.7 Å². The van der Waals surface area contributed by atoms with Gasteiger partial charge < -0.3 is 19.9 Å². The molecule has 4 atom stereocenters. The van der Waals surface area contributed by atoms with Crippen molar-refractivity contribution in [3.63, 3.8) is 0 Å². The third-order valence-corrected chi connectivity index (χ3v) is 5.23. The fourth-order valence-electron chi connectivity index (χ4n) is 3.64. The predicted octanol–water partition coefficient (Wildman–Crippen LogP) is 2.31. The second-order valence-corrected chi connectivity index (χ2v) is 7.34. The van der Waals surface area contributed by atoms with Crippen LogP contribution in [0.4, 0.5) is 0 Å². The molecule has 7 heteroatoms. The van der Waals surface area contributed by atoms with Crippen molar-refractivity contribution in [2.24, 2.45) is 11.8 Å². The number of benzene rings is 1. The van der Waals surface area contributed by atoms with Crippen LogP contribution >= 0.6 is 0 Å². The molecule has 1 aromatic rings. The van der Waals surface area contributed by atoms with Crippen molar-refractivity contribution in [3.8, 4) is 11.5 Å². The summed E-state index contributed by atoms with van der Waals surface area (Å²) in [6.45, 7) is 6.85. The number of nitrogens with one attached hydrogen (secondary N) is 1. The van der Waals surface area contributed by atoms with Gasteiger partial charge in [-0.3, -0.25) is 14.5 Å². The molecule has 0 bridgehead atoms. The summed E-state index contributed by atoms with van der Waals surface area (Å²) in [5, 5.41) is 12.4. The number of nitrogens with zero attached hydrogens (tertiary/aromatic N) is 1. The molecule has 0 aliphatic carbocycles. The molecule has 1 aliphatic rings. The molecule has 4 unspecified atom stereocenters. The van der Waals surface area contributed by atoms with E-state index in [1.54, 1.807) is 20.3 Å². The van der Waals surface area contributed by atoms with E-state index < -0.39 is 17.9 Å². The maximum Gasteiger partial charge on any atom is 0.307 e. The van der Waals surface area contributed by atoms with Crippen LogP contribution in [0.5, 0.6) is 11.5 Å². The summed E-state index contributed by atoms with van der Waals surface area (Å²) in [4.78, 5) is 26.1. The van der Waals surface area contributed by atoms with E-state index in [1.807, 2.05) is 37.8 Å². The van der Waals surface area contributed by atoms with Crippen molar-refractivity contribution in [2.75, 3.05) is 27.3 Å². The zero-order valence-corrected chi connectivity index (χ0v) is 16.7. The minimum atomic E-state index is -0.798. The van der Waals surface area contributed by atoms with E-state index in [9.17, 15) is 14.7 Å². The van der Waals surface area contributed by atoms with Gasteiger partial charge in [-0.1, -0.05) is 6.92 Å². The Morgan fingerprint density at radius 2 is 1.93 bits per heavy atom. The minimum absolute atomic E-state index is 0.134. The monoisotopic (exact) mass is 378 g/mol. The lowest BCUT2D eigenvalue weighted by atomic mass is 9.89. The van der Waals surface area contributed by atoms with E-state index in [0.717, 1.165) is 12.1 Å². The van der Waals surface area contributed by atoms with Crippen molar-refractivity contribution in [2.45, 2.75) is 39.3 Å². The van der Waals surface area contributed by atoms with Gasteiger partial charge in [0.25, 0.3) is 0 Å². The summed E-state index contributed by atoms with van der Waals surface area (Å²) in [5.74, 6) is 0.244. The molecule has 150 valence electrons. The van der Waals surface area contributed by atoms with Gasteiger partial charge >= 0.3 is 5.97 Å². The molecule has 2 rings (SSSR count). The fourth-order valence-corrected chi connectivity index (χ4v) is 3.64. The molecule has 1 heterocycles. The number of carbonyl (C=O) groups is 2. The van der Waals surface area contributed by atoms with Crippen LogP contribution in [0.25, 0.3) is 0 Å². The number of carboxylic acids is 1. The van der Waals surface area contributed by atoms with E-state index in [4.69, 9.17) is 9.47 Å². The van der Waals surface area contributed by atoms with Crippen molar-refractivity contribution < 1.29 is 24.2 Å². The Balaban J connectivity index is 2.08. The first-order valence-electron chi connectivity index (χ1n) is 9.26. The van der Waals surface area contributed by atoms with E-state index in [2.05, 4.69) is 5.32 Å². The van der Waals surface area contributed by atoms with Gasteiger partial charge in [0.1, 0.15) is 11.5 Å². The highest BCUT2D eigenvalue weighted by Crippen LogP contribution is 2.29. The Labute approximate surface area is 160 Å². The quantitative estimate of drug-likeness (QED) is 0.757. The van der Waals surface area contributed by atoms with Gasteiger partial charge in [-0.05, 0) is 44.4 Å². The number of rotatable bonds is 7. The average molecular weight is 378 g/mol. The average Bonchev–Trinajstić information content (AvgIpc) is 2.65. The minimum Gasteiger partial charge on any atom is -0.497 e. The summed E-state index contributed by atoms with van der Waals surface area (Å²) in [6.07, 6.45) is 0.650. The van der Waals surface area contributed by atoms with Gasteiger partial charge in [-0.25, -0.2) is 0 Å². The summed E-state index contributed by atoms with van der Waals surface area (Å²) in [6, 6.07) is 4.78. The number of methoxy groups -OCH3 is 2. The van der Waals surface area contributed by atoms with Gasteiger partial charge in [0.15, 0.2) is 0 Å². The highest BCUT2D eigenvalue weighted by molar-refractivity contribution is 5.82. The number of carboxylic acid groups (broad SMARTS) is 1. The zero-order chi connectivity index (χ0) is 20.1. The molecule has 7 nitrogen and oxygen atoms in total. The van der Waals surface area contributed by atoms with Crippen molar-refractivity contribution in [1.82, 2.24) is 10.2 Å². The SMILES string of the molecule is COc1ccc(OC)c(C(C)NC(=O)C(C)N2CC(C)CC(C(=O)O)C2)c1. The Hall–Kier alpha value is -2.28. The zero-order valence-electron chi connectivity index (χ0n) is 16.7. The normalized spacial score (nSPS) is 22.6. The number of hydrogen-bond acceptors (Lipinski definition) is 5. The van der Waals surface area contributed by atoms with Crippen LogP contribution in [0.1, 0.15) is 38.8 Å². The van der Waals surface area contributed by atoms with Crippen LogP contribution in [-0.2, 0) is 9.59 Å². The number of carbonyl (C=O) groups excluding carboxylic acids is 1. The number of hydrogen-bond donors (Lipinski definition) is 2. The predicted molar refractivity (Wildman–Crippen MR) is 102 cm³/mol. The Kier molecular flexibility index (Phi) is 7.07. The van der Waals surface area contributed by atoms with Crippen LogP contribution in [-0.4, -0.2) is 55.2 Å². The van der Waals surface area contributed by atoms with Crippen molar-refractivity contribution in [3.05, 3.63) is 23.8 Å². The first-order chi connectivity index (χ1) is 12.8. The molecule has 1 aromatic carbocycles. The van der Waals surface area contributed by atoms with Crippen molar-refractivity contribution in [1.29, 1.82) is 0 Å². The second kappa shape index (κ2) is 9.08. The van der Waals surface area contributed by atoms with E-state index >= 15 is 0 Å². The van der Waals surface area contributed by atoms with Crippen LogP contribution < -0.4 is 14.8 Å². The topological polar surface area (TPSA) is 88.1 Å². The lowest BCUT2D eigenvalue weighted by Gasteiger charge is -2.38. The summed E-state index contributed by atoms with van der Waals surface area (Å²) in [5.41, 5.74) is 0.827. The van der Waals surface area contributed by atoms with Crippen LogP contribution in [0.15, 0.2) is 18.2 Å².